The molecule has 0 bridgehead atoms. The fourth-order valence-corrected chi connectivity index (χ4v) is 6.90. The van der Waals surface area contributed by atoms with E-state index in [-0.39, 0.29) is 49.0 Å². The van der Waals surface area contributed by atoms with E-state index in [0.717, 1.165) is 24.8 Å². The maximum absolute atomic E-state index is 13.1. The number of fused-ring (bicyclic) bond motifs is 1. The Morgan fingerprint density at radius 3 is 2.29 bits per heavy atom. The molecule has 3 heterocycles. The van der Waals surface area contributed by atoms with Crippen LogP contribution in [0.1, 0.15) is 38.5 Å². The van der Waals surface area contributed by atoms with E-state index in [2.05, 4.69) is 27.6 Å². The molecule has 3 N–H and O–H groups in total. The first kappa shape index (κ1) is 23.4. The topological polar surface area (TPSA) is 76.7 Å². The molecule has 5 atom stereocenters. The first-order chi connectivity index (χ1) is 14.6. The number of hydrogen-bond donors (Lipinski definition) is 3. The summed E-state index contributed by atoms with van der Waals surface area (Å²) in [5.74, 6) is -0.848. The van der Waals surface area contributed by atoms with Crippen LogP contribution in [-0.2, 0) is 10.0 Å². The van der Waals surface area contributed by atoms with Gasteiger partial charge in [0.2, 0.25) is 10.0 Å². The zero-order chi connectivity index (χ0) is 22.4. The average Bonchev–Trinajstić information content (AvgIpc) is 3.18. The molecular formula is C20H34F3N5O2S. The van der Waals surface area contributed by atoms with Crippen molar-refractivity contribution in [2.45, 2.75) is 69.0 Å². The number of nitrogens with zero attached hydrogens (tertiary/aromatic N) is 2. The van der Waals surface area contributed by atoms with Gasteiger partial charge in [-0.3, -0.25) is 16.1 Å². The molecule has 5 unspecified atom stereocenters. The Balaban J connectivity index is 1.49. The van der Waals surface area contributed by atoms with Crippen LogP contribution in [0.3, 0.4) is 0 Å². The third kappa shape index (κ3) is 4.96. The van der Waals surface area contributed by atoms with Crippen molar-refractivity contribution in [2.24, 2.45) is 17.8 Å². The Morgan fingerprint density at radius 2 is 1.71 bits per heavy atom. The van der Waals surface area contributed by atoms with E-state index in [1.807, 2.05) is 7.05 Å². The van der Waals surface area contributed by atoms with Crippen molar-refractivity contribution in [3.05, 3.63) is 12.0 Å². The van der Waals surface area contributed by atoms with E-state index in [0.29, 0.717) is 25.9 Å². The zero-order valence-electron chi connectivity index (χ0n) is 17.9. The van der Waals surface area contributed by atoms with Crippen molar-refractivity contribution in [2.75, 3.05) is 26.7 Å². The standard InChI is InChI=1S/C20H34F3N5O2S/c1-3-31(29,30)28-11-8-15-17(12-28)24-19(25-18(15)16-9-10-27(2)26-16)13-4-6-14(7-5-13)20(21,22)23/h3,13-19,24-26H,1,4-12H2,2H3. The Labute approximate surface area is 182 Å². The van der Waals surface area contributed by atoms with Crippen LogP contribution >= 0.6 is 0 Å². The van der Waals surface area contributed by atoms with Gasteiger partial charge in [0.15, 0.2) is 0 Å². The molecule has 4 aliphatic rings. The first-order valence-electron chi connectivity index (χ1n) is 11.3. The van der Waals surface area contributed by atoms with Gasteiger partial charge in [-0.05, 0) is 50.4 Å². The summed E-state index contributed by atoms with van der Waals surface area (Å²) in [4.78, 5) is 0. The number of nitrogens with one attached hydrogen (secondary N) is 3. The lowest BCUT2D eigenvalue weighted by Gasteiger charge is -2.52. The van der Waals surface area contributed by atoms with Crippen molar-refractivity contribution in [3.8, 4) is 0 Å². The highest BCUT2D eigenvalue weighted by Crippen LogP contribution is 2.41. The molecule has 31 heavy (non-hydrogen) atoms. The quantitative estimate of drug-likeness (QED) is 0.586. The molecular weight excluding hydrogens is 431 g/mol. The molecule has 0 spiro atoms. The number of rotatable bonds is 4. The molecule has 0 radical (unpaired) electrons. The monoisotopic (exact) mass is 465 g/mol. The van der Waals surface area contributed by atoms with Crippen LogP contribution < -0.4 is 16.1 Å². The summed E-state index contributed by atoms with van der Waals surface area (Å²) in [6, 6.07) is 0.346. The van der Waals surface area contributed by atoms with Gasteiger partial charge in [0, 0.05) is 50.2 Å². The van der Waals surface area contributed by atoms with Crippen LogP contribution in [0.2, 0.25) is 0 Å². The predicted octanol–water partition coefficient (Wildman–Crippen LogP) is 1.62. The lowest BCUT2D eigenvalue weighted by molar-refractivity contribution is -0.185. The summed E-state index contributed by atoms with van der Waals surface area (Å²) in [6.45, 7) is 5.21. The molecule has 178 valence electrons. The lowest BCUT2D eigenvalue weighted by atomic mass is 9.75. The van der Waals surface area contributed by atoms with Crippen molar-refractivity contribution >= 4 is 10.0 Å². The second-order valence-corrected chi connectivity index (χ2v) is 11.4. The maximum atomic E-state index is 13.1. The lowest BCUT2D eigenvalue weighted by Crippen LogP contribution is -2.72. The summed E-state index contributed by atoms with van der Waals surface area (Å²) in [5, 5.41) is 10.4. The minimum Gasteiger partial charge on any atom is -0.297 e. The normalized spacial score (nSPS) is 41.1. The van der Waals surface area contributed by atoms with Crippen LogP contribution in [0.15, 0.2) is 12.0 Å². The molecule has 1 aliphatic carbocycles. The molecule has 11 heteroatoms. The fourth-order valence-electron chi connectivity index (χ4n) is 5.96. The third-order valence-electron chi connectivity index (χ3n) is 7.73. The highest BCUT2D eigenvalue weighted by atomic mass is 32.2. The number of halogens is 3. The number of hydrogen-bond acceptors (Lipinski definition) is 6. The minimum absolute atomic E-state index is 0.0345. The Kier molecular flexibility index (Phi) is 6.73. The van der Waals surface area contributed by atoms with Gasteiger partial charge in [0.25, 0.3) is 0 Å². The molecule has 3 saturated heterocycles. The Morgan fingerprint density at radius 1 is 1.00 bits per heavy atom. The van der Waals surface area contributed by atoms with Crippen LogP contribution in [0.25, 0.3) is 0 Å². The molecule has 0 amide bonds. The highest BCUT2D eigenvalue weighted by molar-refractivity contribution is 7.92. The van der Waals surface area contributed by atoms with Crippen LogP contribution in [0, 0.1) is 17.8 Å². The fraction of sp³-hybridized carbons (Fsp3) is 0.900. The van der Waals surface area contributed by atoms with Crippen molar-refractivity contribution in [3.63, 3.8) is 0 Å². The SMILES string of the molecule is C=CS(=O)(=O)N1CCC2C(C1)NC(C1CCC(C(F)(F)F)CC1)NC2C1CCN(C)N1. The molecule has 7 nitrogen and oxygen atoms in total. The van der Waals surface area contributed by atoms with Gasteiger partial charge >= 0.3 is 6.18 Å². The summed E-state index contributed by atoms with van der Waals surface area (Å²) >= 11 is 0. The highest BCUT2D eigenvalue weighted by Gasteiger charge is 2.49. The van der Waals surface area contributed by atoms with E-state index in [1.165, 1.54) is 4.31 Å². The van der Waals surface area contributed by atoms with Crippen molar-refractivity contribution in [1.82, 2.24) is 25.4 Å². The Bertz CT molecular complexity index is 756. The van der Waals surface area contributed by atoms with E-state index in [4.69, 9.17) is 0 Å². The van der Waals surface area contributed by atoms with E-state index >= 15 is 0 Å². The molecule has 0 aromatic heterocycles. The molecule has 0 aromatic rings. The predicted molar refractivity (Wildman–Crippen MR) is 112 cm³/mol. The molecule has 1 saturated carbocycles. The first-order valence-corrected chi connectivity index (χ1v) is 12.8. The summed E-state index contributed by atoms with van der Waals surface area (Å²) in [7, 11) is -1.49. The van der Waals surface area contributed by atoms with Gasteiger partial charge in [0.1, 0.15) is 0 Å². The van der Waals surface area contributed by atoms with Crippen LogP contribution in [0.5, 0.6) is 0 Å². The maximum Gasteiger partial charge on any atom is 0.391 e. The van der Waals surface area contributed by atoms with E-state index in [1.54, 1.807) is 0 Å². The second-order valence-electron chi connectivity index (χ2n) is 9.56. The van der Waals surface area contributed by atoms with Gasteiger partial charge in [-0.2, -0.15) is 17.5 Å². The third-order valence-corrected chi connectivity index (χ3v) is 9.20. The zero-order valence-corrected chi connectivity index (χ0v) is 18.8. The van der Waals surface area contributed by atoms with Crippen LogP contribution in [-0.4, -0.2) is 74.9 Å². The van der Waals surface area contributed by atoms with Crippen molar-refractivity contribution in [1.29, 1.82) is 0 Å². The Hall–Kier alpha value is -0.720. The molecule has 0 aromatic carbocycles. The van der Waals surface area contributed by atoms with Gasteiger partial charge in [-0.25, -0.2) is 13.4 Å². The van der Waals surface area contributed by atoms with Crippen LogP contribution in [0.4, 0.5) is 13.2 Å². The molecule has 4 fully saturated rings. The minimum atomic E-state index is -4.12. The average molecular weight is 466 g/mol. The number of hydrazine groups is 1. The van der Waals surface area contributed by atoms with Crippen molar-refractivity contribution < 1.29 is 21.6 Å². The van der Waals surface area contributed by atoms with E-state index in [9.17, 15) is 21.6 Å². The number of piperidine rings is 1. The second kappa shape index (κ2) is 8.90. The van der Waals surface area contributed by atoms with Gasteiger partial charge in [-0.15, -0.1) is 0 Å². The number of sulfonamides is 1. The van der Waals surface area contributed by atoms with Gasteiger partial charge in [-0.1, -0.05) is 6.58 Å². The van der Waals surface area contributed by atoms with Gasteiger partial charge < -0.3 is 0 Å². The van der Waals surface area contributed by atoms with E-state index < -0.39 is 22.1 Å². The smallest absolute Gasteiger partial charge is 0.297 e. The largest absolute Gasteiger partial charge is 0.391 e. The summed E-state index contributed by atoms with van der Waals surface area (Å²) in [5.41, 5.74) is 3.51. The summed E-state index contributed by atoms with van der Waals surface area (Å²) < 4.78 is 65.5. The molecule has 3 aliphatic heterocycles. The van der Waals surface area contributed by atoms with Gasteiger partial charge in [0.05, 0.1) is 12.1 Å². The number of alkyl halides is 3. The molecule has 4 rings (SSSR count). The summed E-state index contributed by atoms with van der Waals surface area (Å²) in [6.07, 6.45) is -1.15.